The van der Waals surface area contributed by atoms with Gasteiger partial charge in [0.05, 0.1) is 16.2 Å². The summed E-state index contributed by atoms with van der Waals surface area (Å²) >= 11 is 3.33. The lowest BCUT2D eigenvalue weighted by Crippen LogP contribution is -1.94. The molecule has 0 spiro atoms. The fraction of sp³-hybridized carbons (Fsp3) is 0. The highest BCUT2D eigenvalue weighted by atomic mass is 79.9. The van der Waals surface area contributed by atoms with Gasteiger partial charge in [0.1, 0.15) is 6.07 Å². The summed E-state index contributed by atoms with van der Waals surface area (Å²) in [5.41, 5.74) is 1.85. The van der Waals surface area contributed by atoms with Gasteiger partial charge in [-0.05, 0) is 30.3 Å². The van der Waals surface area contributed by atoms with E-state index in [0.717, 1.165) is 4.47 Å². The molecule has 0 aliphatic carbocycles. The second-order valence-electron chi connectivity index (χ2n) is 3.73. The molecule has 0 atom stereocenters. The van der Waals surface area contributed by atoms with Crippen LogP contribution in [0.3, 0.4) is 0 Å². The Hall–Kier alpha value is -2.39. The number of non-ortho nitro benzene ring substituents is 1. The van der Waals surface area contributed by atoms with Gasteiger partial charge in [0.15, 0.2) is 0 Å². The molecule has 0 unspecified atom stereocenters. The van der Waals surface area contributed by atoms with Crippen LogP contribution in [0.15, 0.2) is 46.9 Å². The van der Waals surface area contributed by atoms with Gasteiger partial charge < -0.3 is 5.32 Å². The van der Waals surface area contributed by atoms with E-state index in [9.17, 15) is 10.1 Å². The normalized spacial score (nSPS) is 9.68. The molecule has 5 nitrogen and oxygen atoms in total. The summed E-state index contributed by atoms with van der Waals surface area (Å²) in [5, 5.41) is 22.6. The molecule has 0 radical (unpaired) electrons. The molecule has 1 N–H and O–H groups in total. The zero-order valence-electron chi connectivity index (χ0n) is 9.63. The first-order chi connectivity index (χ1) is 9.10. The van der Waals surface area contributed by atoms with Gasteiger partial charge in [0.25, 0.3) is 5.69 Å². The molecule has 6 heteroatoms. The van der Waals surface area contributed by atoms with Crippen LogP contribution in [-0.4, -0.2) is 4.92 Å². The van der Waals surface area contributed by atoms with Crippen molar-refractivity contribution in [3.8, 4) is 6.07 Å². The highest BCUT2D eigenvalue weighted by molar-refractivity contribution is 9.10. The molecule has 0 aliphatic rings. The number of halogens is 1. The van der Waals surface area contributed by atoms with E-state index in [1.807, 2.05) is 0 Å². The van der Waals surface area contributed by atoms with Crippen molar-refractivity contribution in [2.75, 3.05) is 5.32 Å². The van der Waals surface area contributed by atoms with Crippen molar-refractivity contribution in [3.63, 3.8) is 0 Å². The largest absolute Gasteiger partial charge is 0.354 e. The average Bonchev–Trinajstić information content (AvgIpc) is 2.39. The van der Waals surface area contributed by atoms with E-state index in [0.29, 0.717) is 16.9 Å². The minimum Gasteiger partial charge on any atom is -0.354 e. The Morgan fingerprint density at radius 2 is 1.89 bits per heavy atom. The first kappa shape index (κ1) is 13.1. The summed E-state index contributed by atoms with van der Waals surface area (Å²) in [5.74, 6) is 0. The van der Waals surface area contributed by atoms with Gasteiger partial charge in [-0.25, -0.2) is 0 Å². The SMILES string of the molecule is N#Cc1ccc(Br)cc1Nc1ccc([N+](=O)[O-])cc1. The van der Waals surface area contributed by atoms with Crippen LogP contribution in [0, 0.1) is 21.4 Å². The van der Waals surface area contributed by atoms with Gasteiger partial charge in [-0.2, -0.15) is 5.26 Å². The second-order valence-corrected chi connectivity index (χ2v) is 4.65. The van der Waals surface area contributed by atoms with Crippen molar-refractivity contribution in [2.24, 2.45) is 0 Å². The van der Waals surface area contributed by atoms with Crippen LogP contribution in [0.25, 0.3) is 0 Å². The van der Waals surface area contributed by atoms with Gasteiger partial charge in [0, 0.05) is 22.3 Å². The lowest BCUT2D eigenvalue weighted by Gasteiger charge is -2.08. The molecule has 0 aliphatic heterocycles. The number of hydrogen-bond donors (Lipinski definition) is 1. The van der Waals surface area contributed by atoms with Gasteiger partial charge in [0.2, 0.25) is 0 Å². The van der Waals surface area contributed by atoms with Crippen molar-refractivity contribution in [2.45, 2.75) is 0 Å². The van der Waals surface area contributed by atoms with E-state index in [-0.39, 0.29) is 5.69 Å². The van der Waals surface area contributed by atoms with Gasteiger partial charge in [-0.15, -0.1) is 0 Å². The van der Waals surface area contributed by atoms with Crippen LogP contribution >= 0.6 is 15.9 Å². The molecule has 19 heavy (non-hydrogen) atoms. The molecular weight excluding hydrogens is 310 g/mol. The molecule has 0 bridgehead atoms. The molecule has 0 amide bonds. The standard InChI is InChI=1S/C13H8BrN3O2/c14-10-2-1-9(8-15)13(7-10)16-11-3-5-12(6-4-11)17(18)19/h1-7,16H. The molecular formula is C13H8BrN3O2. The maximum Gasteiger partial charge on any atom is 0.269 e. The number of anilines is 2. The number of hydrogen-bond acceptors (Lipinski definition) is 4. The maximum atomic E-state index is 10.6. The second kappa shape index (κ2) is 5.50. The third-order valence-corrected chi connectivity index (χ3v) is 2.95. The monoisotopic (exact) mass is 317 g/mol. The average molecular weight is 318 g/mol. The van der Waals surface area contributed by atoms with Gasteiger partial charge in [-0.1, -0.05) is 15.9 Å². The number of nitro groups is 1. The van der Waals surface area contributed by atoms with Crippen LogP contribution in [-0.2, 0) is 0 Å². The Morgan fingerprint density at radius 1 is 1.21 bits per heavy atom. The van der Waals surface area contributed by atoms with Crippen LogP contribution < -0.4 is 5.32 Å². The topological polar surface area (TPSA) is 79.0 Å². The molecule has 0 heterocycles. The number of nitrogens with zero attached hydrogens (tertiary/aromatic N) is 2. The molecule has 0 saturated carbocycles. The first-order valence-corrected chi connectivity index (χ1v) is 6.10. The molecule has 2 rings (SSSR count). The smallest absolute Gasteiger partial charge is 0.269 e. The minimum atomic E-state index is -0.455. The molecule has 0 aromatic heterocycles. The van der Waals surface area contributed by atoms with Gasteiger partial charge >= 0.3 is 0 Å². The van der Waals surface area contributed by atoms with Crippen LogP contribution in [0.2, 0.25) is 0 Å². The molecule has 0 saturated heterocycles. The number of nitrogens with one attached hydrogen (secondary N) is 1. The maximum absolute atomic E-state index is 10.6. The highest BCUT2D eigenvalue weighted by Gasteiger charge is 2.06. The first-order valence-electron chi connectivity index (χ1n) is 5.31. The lowest BCUT2D eigenvalue weighted by atomic mass is 10.2. The van der Waals surface area contributed by atoms with E-state index in [1.54, 1.807) is 30.3 Å². The Bertz CT molecular complexity index is 663. The van der Waals surface area contributed by atoms with Crippen molar-refractivity contribution in [1.29, 1.82) is 5.26 Å². The molecule has 2 aromatic rings. The Kier molecular flexibility index (Phi) is 3.78. The van der Waals surface area contributed by atoms with Crippen LogP contribution in [0.5, 0.6) is 0 Å². The van der Waals surface area contributed by atoms with E-state index in [4.69, 9.17) is 5.26 Å². The quantitative estimate of drug-likeness (QED) is 0.686. The summed E-state index contributed by atoms with van der Waals surface area (Å²) < 4.78 is 0.843. The minimum absolute atomic E-state index is 0.0281. The Balaban J connectivity index is 2.28. The highest BCUT2D eigenvalue weighted by Crippen LogP contribution is 2.25. The summed E-state index contributed by atoms with van der Waals surface area (Å²) in [6.45, 7) is 0. The Labute approximate surface area is 117 Å². The fourth-order valence-corrected chi connectivity index (χ4v) is 1.90. The zero-order chi connectivity index (χ0) is 13.8. The van der Waals surface area contributed by atoms with E-state index >= 15 is 0 Å². The summed E-state index contributed by atoms with van der Waals surface area (Å²) in [6.07, 6.45) is 0. The molecule has 0 fully saturated rings. The number of rotatable bonds is 3. The predicted molar refractivity (Wildman–Crippen MR) is 75.2 cm³/mol. The van der Waals surface area contributed by atoms with Crippen molar-refractivity contribution in [3.05, 3.63) is 62.6 Å². The number of benzene rings is 2. The number of nitriles is 1. The fourth-order valence-electron chi connectivity index (χ4n) is 1.54. The predicted octanol–water partition coefficient (Wildman–Crippen LogP) is 3.97. The Morgan fingerprint density at radius 3 is 2.47 bits per heavy atom. The lowest BCUT2D eigenvalue weighted by molar-refractivity contribution is -0.384. The van der Waals surface area contributed by atoms with E-state index in [2.05, 4.69) is 27.3 Å². The van der Waals surface area contributed by atoms with Crippen LogP contribution in [0.1, 0.15) is 5.56 Å². The van der Waals surface area contributed by atoms with E-state index < -0.39 is 4.92 Å². The molecule has 2 aromatic carbocycles. The van der Waals surface area contributed by atoms with Crippen molar-refractivity contribution >= 4 is 33.0 Å². The van der Waals surface area contributed by atoms with Crippen molar-refractivity contribution in [1.82, 2.24) is 0 Å². The van der Waals surface area contributed by atoms with E-state index in [1.165, 1.54) is 12.1 Å². The summed E-state index contributed by atoms with van der Waals surface area (Å²) in [4.78, 5) is 10.1. The van der Waals surface area contributed by atoms with Crippen molar-refractivity contribution < 1.29 is 4.92 Å². The summed E-state index contributed by atoms with van der Waals surface area (Å²) in [6, 6.07) is 13.3. The van der Waals surface area contributed by atoms with Gasteiger partial charge in [-0.3, -0.25) is 10.1 Å². The summed E-state index contributed by atoms with van der Waals surface area (Å²) in [7, 11) is 0. The number of nitro benzene ring substituents is 1. The zero-order valence-corrected chi connectivity index (χ0v) is 11.2. The third kappa shape index (κ3) is 3.09. The third-order valence-electron chi connectivity index (χ3n) is 2.46. The molecule has 94 valence electrons. The van der Waals surface area contributed by atoms with Crippen LogP contribution in [0.4, 0.5) is 17.1 Å².